The lowest BCUT2D eigenvalue weighted by Gasteiger charge is -2.21. The molecular weight excluding hydrogens is 1560 g/mol. The molecule has 0 heterocycles. The van der Waals surface area contributed by atoms with Crippen molar-refractivity contribution in [2.75, 3.05) is 39.6 Å². The Hall–Kier alpha value is -4.57. The fraction of sp³-hybridized carbons (Fsp3) is 0.738. The van der Waals surface area contributed by atoms with Crippen LogP contribution >= 0.6 is 15.6 Å². The second kappa shape index (κ2) is 94.6. The maximum Gasteiger partial charge on any atom is 0.472 e. The van der Waals surface area contributed by atoms with Crippen LogP contribution in [0.1, 0.15) is 432 Å². The average Bonchev–Trinajstić information content (AvgIpc) is 0.908. The molecule has 121 heavy (non-hydrogen) atoms. The van der Waals surface area contributed by atoms with Gasteiger partial charge < -0.3 is 34.2 Å². The Bertz CT molecular complexity index is 2780. The van der Waals surface area contributed by atoms with Crippen LogP contribution in [0.25, 0.3) is 0 Å². The van der Waals surface area contributed by atoms with Gasteiger partial charge in [-0.25, -0.2) is 9.13 Å². The molecule has 0 bridgehead atoms. The number of unbranched alkanes of at least 4 members (excludes halogenated alkanes) is 46. The highest BCUT2D eigenvalue weighted by Gasteiger charge is 2.30. The first kappa shape index (κ1) is 116. The van der Waals surface area contributed by atoms with Crippen molar-refractivity contribution in [3.05, 3.63) is 146 Å². The second-order valence-electron chi connectivity index (χ2n) is 32.9. The molecule has 16 nitrogen and oxygen atoms in total. The number of aliphatic hydroxyl groups is 2. The third-order valence-corrected chi connectivity index (χ3v) is 22.9. The largest absolute Gasteiger partial charge is 0.472 e. The van der Waals surface area contributed by atoms with E-state index in [-0.39, 0.29) is 19.3 Å². The van der Waals surface area contributed by atoms with Crippen molar-refractivity contribution in [1.82, 2.24) is 0 Å². The van der Waals surface area contributed by atoms with Crippen LogP contribution in [-0.4, -0.2) is 95.9 Å². The van der Waals surface area contributed by atoms with Gasteiger partial charge in [0.2, 0.25) is 0 Å². The van der Waals surface area contributed by atoms with E-state index in [4.69, 9.17) is 32.3 Å². The molecule has 0 aromatic carbocycles. The number of hydrogen-bond acceptors (Lipinski definition) is 14. The van der Waals surface area contributed by atoms with Crippen LogP contribution in [-0.2, 0) is 55.8 Å². The van der Waals surface area contributed by atoms with Crippen LogP contribution in [0.2, 0.25) is 0 Å². The monoisotopic (exact) mass is 1740 g/mol. The van der Waals surface area contributed by atoms with Gasteiger partial charge in [-0.05, 0) is 154 Å². The summed E-state index contributed by atoms with van der Waals surface area (Å²) in [6.07, 6.45) is 120. The molecule has 0 aromatic heterocycles. The Morgan fingerprint density at radius 2 is 0.413 bits per heavy atom. The molecule has 0 spiro atoms. The zero-order valence-electron chi connectivity index (χ0n) is 77.2. The zero-order valence-corrected chi connectivity index (χ0v) is 79.0. The highest BCUT2D eigenvalue weighted by Crippen LogP contribution is 2.45. The van der Waals surface area contributed by atoms with Crippen molar-refractivity contribution >= 4 is 33.6 Å². The van der Waals surface area contributed by atoms with Crippen molar-refractivity contribution in [2.24, 2.45) is 0 Å². The Morgan fingerprint density at radius 3 is 0.653 bits per heavy atom. The first-order chi connectivity index (χ1) is 59.2. The Morgan fingerprint density at radius 1 is 0.231 bits per heavy atom. The lowest BCUT2D eigenvalue weighted by atomic mass is 10.0. The molecule has 5 unspecified atom stereocenters. The van der Waals surface area contributed by atoms with E-state index < -0.39 is 91.5 Å². The van der Waals surface area contributed by atoms with Gasteiger partial charge in [-0.3, -0.25) is 32.5 Å². The zero-order chi connectivity index (χ0) is 87.9. The number of esters is 3. The maximum absolute atomic E-state index is 13.1. The van der Waals surface area contributed by atoms with Crippen LogP contribution in [0.15, 0.2) is 146 Å². The Labute approximate surface area is 740 Å². The van der Waals surface area contributed by atoms with Crippen LogP contribution in [0.5, 0.6) is 0 Å². The van der Waals surface area contributed by atoms with E-state index in [9.17, 15) is 43.5 Å². The molecule has 0 fully saturated rings. The number of aliphatic hydroxyl groups excluding tert-OH is 2. The SMILES string of the molecule is CCCCC/C=C\C/C=C\C/C=C\C/C=C\CCCCCCCCCCCCCCCCCC(=O)OCC(O)COP(=O)(O)OCC(O)COP(=O)(O)OCC(COC(=O)CCCCCCCCCCCCC/C=C\C/C=C\C/C=C\C/C=C\CCCCC)OC(=O)CCCCCCCCCCCCC/C=C\C/C=C\C/C=C\C/C=C\CCCCC. The normalized spacial score (nSPS) is 14.3. The molecule has 0 aliphatic rings. The predicted molar refractivity (Wildman–Crippen MR) is 509 cm³/mol. The summed E-state index contributed by atoms with van der Waals surface area (Å²) in [5, 5.41) is 20.8. The lowest BCUT2D eigenvalue weighted by molar-refractivity contribution is -0.161. The van der Waals surface area contributed by atoms with E-state index in [1.54, 1.807) is 0 Å². The topological polar surface area (TPSA) is 231 Å². The van der Waals surface area contributed by atoms with Crippen LogP contribution in [0.4, 0.5) is 0 Å². The number of rotatable bonds is 93. The van der Waals surface area contributed by atoms with Gasteiger partial charge in [-0.15, -0.1) is 0 Å². The summed E-state index contributed by atoms with van der Waals surface area (Å²) in [6, 6.07) is 0. The lowest BCUT2D eigenvalue weighted by Crippen LogP contribution is -2.30. The molecule has 0 aliphatic carbocycles. The summed E-state index contributed by atoms with van der Waals surface area (Å²) in [4.78, 5) is 59.1. The number of allylic oxidation sites excluding steroid dienone is 24. The van der Waals surface area contributed by atoms with E-state index in [2.05, 4.69) is 167 Å². The summed E-state index contributed by atoms with van der Waals surface area (Å²) in [7, 11) is -9.81. The predicted octanol–water partition coefficient (Wildman–Crippen LogP) is 30.7. The number of phosphoric ester groups is 2. The van der Waals surface area contributed by atoms with Gasteiger partial charge in [0.1, 0.15) is 25.4 Å². The summed E-state index contributed by atoms with van der Waals surface area (Å²) in [6.45, 7) is 2.66. The smallest absolute Gasteiger partial charge is 0.463 e. The standard InChI is InChI=1S/C103H180O16P2/c1-4-7-10-13-16-19-22-25-28-31-34-37-40-43-46-47-48-49-52-54-56-59-62-65-68-71-74-77-80-83-86-89-101(106)113-92-98(104)93-115-120(109,110)116-94-99(105)95-117-121(111,112)118-97-100(119-103(108)91-88-85-82-79-76-73-70-67-64-61-58-55-51-45-42-39-36-33-30-27-24-21-18-15-12-9-6-3)96-114-102(107)90-87-84-81-78-75-72-69-66-63-60-57-53-50-44-41-38-35-32-29-26-23-20-17-14-11-8-5-2/h16-21,25-30,34-39,43-46,50-51,98-100,104-105H,4-15,22-24,31-33,40-42,47-49,52-97H2,1-3H3,(H,109,110)(H,111,112)/b19-16-,20-17-,21-18-,28-25-,29-26-,30-27-,37-34-,38-35-,39-36-,46-43-,50-44-,51-45-. The minimum Gasteiger partial charge on any atom is -0.463 e. The molecular formula is C103H180O16P2. The van der Waals surface area contributed by atoms with Crippen molar-refractivity contribution in [3.8, 4) is 0 Å². The Balaban J connectivity index is 4.62. The van der Waals surface area contributed by atoms with Gasteiger partial charge in [0, 0.05) is 19.3 Å². The van der Waals surface area contributed by atoms with Crippen molar-refractivity contribution < 1.29 is 75.8 Å². The van der Waals surface area contributed by atoms with Gasteiger partial charge in [-0.1, -0.05) is 404 Å². The first-order valence-electron chi connectivity index (χ1n) is 49.1. The molecule has 0 saturated heterocycles. The van der Waals surface area contributed by atoms with Crippen LogP contribution in [0.3, 0.4) is 0 Å². The van der Waals surface area contributed by atoms with E-state index in [0.717, 1.165) is 141 Å². The summed E-state index contributed by atoms with van der Waals surface area (Å²) < 4.78 is 61.6. The minimum atomic E-state index is -4.95. The van der Waals surface area contributed by atoms with Gasteiger partial charge in [-0.2, -0.15) is 0 Å². The summed E-state index contributed by atoms with van der Waals surface area (Å²) in [5.41, 5.74) is 0. The number of hydrogen-bond donors (Lipinski definition) is 4. The number of carbonyl (C=O) groups is 3. The van der Waals surface area contributed by atoms with Crippen molar-refractivity contribution in [2.45, 2.75) is 450 Å². The van der Waals surface area contributed by atoms with Gasteiger partial charge in [0.05, 0.1) is 26.4 Å². The van der Waals surface area contributed by atoms with E-state index in [0.29, 0.717) is 19.3 Å². The third-order valence-electron chi connectivity index (χ3n) is 21.0. The van der Waals surface area contributed by atoms with Gasteiger partial charge >= 0.3 is 33.6 Å². The number of phosphoric acid groups is 2. The Kier molecular flexibility index (Phi) is 91.0. The first-order valence-corrected chi connectivity index (χ1v) is 52.1. The fourth-order valence-corrected chi connectivity index (χ4v) is 15.1. The molecule has 698 valence electrons. The molecule has 5 atom stereocenters. The minimum absolute atomic E-state index is 0.0979. The fourth-order valence-electron chi connectivity index (χ4n) is 13.5. The molecule has 0 radical (unpaired) electrons. The van der Waals surface area contributed by atoms with Crippen molar-refractivity contribution in [1.29, 1.82) is 0 Å². The molecule has 0 aromatic rings. The second-order valence-corrected chi connectivity index (χ2v) is 35.8. The number of carbonyl (C=O) groups excluding carboxylic acids is 3. The molecule has 18 heteroatoms. The quantitative estimate of drug-likeness (QED) is 0.0146. The van der Waals surface area contributed by atoms with Gasteiger partial charge in [0.15, 0.2) is 6.10 Å². The van der Waals surface area contributed by atoms with Crippen LogP contribution < -0.4 is 0 Å². The highest BCUT2D eigenvalue weighted by molar-refractivity contribution is 7.47. The van der Waals surface area contributed by atoms with E-state index in [1.165, 1.54) is 231 Å². The molecule has 0 amide bonds. The summed E-state index contributed by atoms with van der Waals surface area (Å²) >= 11 is 0. The summed E-state index contributed by atoms with van der Waals surface area (Å²) in [5.74, 6) is -1.57. The van der Waals surface area contributed by atoms with Gasteiger partial charge in [0.25, 0.3) is 0 Å². The molecule has 0 aliphatic heterocycles. The van der Waals surface area contributed by atoms with E-state index in [1.807, 2.05) is 0 Å². The molecule has 0 rings (SSSR count). The van der Waals surface area contributed by atoms with E-state index >= 15 is 0 Å². The molecule has 4 N–H and O–H groups in total. The third kappa shape index (κ3) is 95.9. The van der Waals surface area contributed by atoms with Crippen LogP contribution in [0, 0.1) is 0 Å². The molecule has 0 saturated carbocycles. The van der Waals surface area contributed by atoms with Crippen molar-refractivity contribution in [3.63, 3.8) is 0 Å². The highest BCUT2D eigenvalue weighted by atomic mass is 31.2. The number of ether oxygens (including phenoxy) is 3. The average molecular weight is 1740 g/mol. The maximum atomic E-state index is 13.1.